The Labute approximate surface area is 94.0 Å². The first-order chi connectivity index (χ1) is 7.22. The molecule has 2 N–H and O–H groups in total. The molecule has 0 atom stereocenters. The van der Waals surface area contributed by atoms with E-state index in [0.717, 1.165) is 24.8 Å². The van der Waals surface area contributed by atoms with Crippen molar-refractivity contribution < 1.29 is 10.2 Å². The molecule has 0 aliphatic rings. The molecule has 2 nitrogen and oxygen atoms in total. The molecule has 0 radical (unpaired) electrons. The third kappa shape index (κ3) is 8.64. The Hall–Kier alpha value is -0.340. The molecule has 0 saturated heterocycles. The van der Waals surface area contributed by atoms with Crippen LogP contribution in [0.4, 0.5) is 0 Å². The van der Waals surface area contributed by atoms with Gasteiger partial charge < -0.3 is 10.2 Å². The summed E-state index contributed by atoms with van der Waals surface area (Å²) in [5, 5.41) is 18.1. The van der Waals surface area contributed by atoms with Crippen molar-refractivity contribution in [2.24, 2.45) is 0 Å². The van der Waals surface area contributed by atoms with Crippen molar-refractivity contribution in [1.29, 1.82) is 0 Å². The molecule has 15 heavy (non-hydrogen) atoms. The standard InChI is InChI=1S/C13H26O2/c1-3-5-6-7-8-9-11-12(10-4-2)13(14)15/h10,13-15H,3-9,11H2,1-2H3. The van der Waals surface area contributed by atoms with Crippen LogP contribution in [0.5, 0.6) is 0 Å². The number of rotatable bonds is 9. The highest BCUT2D eigenvalue weighted by Crippen LogP contribution is 2.14. The van der Waals surface area contributed by atoms with Crippen LogP contribution in [-0.2, 0) is 0 Å². The van der Waals surface area contributed by atoms with E-state index in [1.807, 2.05) is 13.0 Å². The van der Waals surface area contributed by atoms with Gasteiger partial charge in [0, 0.05) is 0 Å². The van der Waals surface area contributed by atoms with Gasteiger partial charge in [0.1, 0.15) is 0 Å². The van der Waals surface area contributed by atoms with Crippen LogP contribution in [0, 0.1) is 0 Å². The van der Waals surface area contributed by atoms with Crippen molar-refractivity contribution in [3.8, 4) is 0 Å². The van der Waals surface area contributed by atoms with E-state index in [9.17, 15) is 0 Å². The molecule has 0 bridgehead atoms. The maximum Gasteiger partial charge on any atom is 0.174 e. The molecule has 0 aliphatic carbocycles. The summed E-state index contributed by atoms with van der Waals surface area (Å²) in [7, 11) is 0. The highest BCUT2D eigenvalue weighted by Gasteiger charge is 2.05. The number of aliphatic hydroxyl groups is 2. The molecule has 0 rings (SSSR count). The van der Waals surface area contributed by atoms with Crippen molar-refractivity contribution in [3.05, 3.63) is 11.6 Å². The van der Waals surface area contributed by atoms with E-state index < -0.39 is 6.29 Å². The van der Waals surface area contributed by atoms with Crippen molar-refractivity contribution in [2.45, 2.75) is 71.5 Å². The minimum Gasteiger partial charge on any atom is -0.365 e. The van der Waals surface area contributed by atoms with Gasteiger partial charge in [-0.3, -0.25) is 0 Å². The third-order valence-corrected chi connectivity index (χ3v) is 2.62. The quantitative estimate of drug-likeness (QED) is 0.351. The fourth-order valence-electron chi connectivity index (χ4n) is 1.71. The Balaban J connectivity index is 3.50. The fraction of sp³-hybridized carbons (Fsp3) is 0.846. The van der Waals surface area contributed by atoms with E-state index in [2.05, 4.69) is 6.92 Å². The van der Waals surface area contributed by atoms with Crippen molar-refractivity contribution in [2.75, 3.05) is 0 Å². The lowest BCUT2D eigenvalue weighted by molar-refractivity contribution is -0.0107. The third-order valence-electron chi connectivity index (χ3n) is 2.62. The van der Waals surface area contributed by atoms with E-state index >= 15 is 0 Å². The zero-order valence-electron chi connectivity index (χ0n) is 10.2. The normalized spacial score (nSPS) is 12.5. The summed E-state index contributed by atoms with van der Waals surface area (Å²) in [4.78, 5) is 0. The van der Waals surface area contributed by atoms with E-state index in [0.29, 0.717) is 0 Å². The molecule has 0 unspecified atom stereocenters. The molecule has 0 spiro atoms. The highest BCUT2D eigenvalue weighted by atomic mass is 16.5. The average Bonchev–Trinajstić information content (AvgIpc) is 2.21. The number of aliphatic hydroxyl groups excluding tert-OH is 1. The summed E-state index contributed by atoms with van der Waals surface area (Å²) in [6, 6.07) is 0. The zero-order chi connectivity index (χ0) is 11.5. The fourth-order valence-corrected chi connectivity index (χ4v) is 1.71. The van der Waals surface area contributed by atoms with Gasteiger partial charge in [-0.15, -0.1) is 0 Å². The highest BCUT2D eigenvalue weighted by molar-refractivity contribution is 5.03. The van der Waals surface area contributed by atoms with Crippen LogP contribution < -0.4 is 0 Å². The van der Waals surface area contributed by atoms with Gasteiger partial charge in [-0.05, 0) is 24.8 Å². The van der Waals surface area contributed by atoms with Gasteiger partial charge in [0.25, 0.3) is 0 Å². The first kappa shape index (κ1) is 14.7. The molecular formula is C13H26O2. The molecule has 0 aromatic carbocycles. The van der Waals surface area contributed by atoms with Gasteiger partial charge in [0.2, 0.25) is 0 Å². The molecule has 0 aromatic rings. The molecule has 0 aliphatic heterocycles. The maximum absolute atomic E-state index is 9.07. The smallest absolute Gasteiger partial charge is 0.174 e. The zero-order valence-corrected chi connectivity index (χ0v) is 10.2. The van der Waals surface area contributed by atoms with Crippen LogP contribution in [0.3, 0.4) is 0 Å². The first-order valence-corrected chi connectivity index (χ1v) is 6.27. The van der Waals surface area contributed by atoms with Gasteiger partial charge in [-0.25, -0.2) is 0 Å². The first-order valence-electron chi connectivity index (χ1n) is 6.27. The van der Waals surface area contributed by atoms with Crippen LogP contribution in [0.1, 0.15) is 65.2 Å². The van der Waals surface area contributed by atoms with Crippen LogP contribution in [-0.4, -0.2) is 16.5 Å². The van der Waals surface area contributed by atoms with E-state index in [1.54, 1.807) is 0 Å². The van der Waals surface area contributed by atoms with E-state index in [-0.39, 0.29) is 0 Å². The van der Waals surface area contributed by atoms with Gasteiger partial charge >= 0.3 is 0 Å². The lowest BCUT2D eigenvalue weighted by atomic mass is 10.0. The summed E-state index contributed by atoms with van der Waals surface area (Å²) >= 11 is 0. The van der Waals surface area contributed by atoms with Gasteiger partial charge in [-0.1, -0.05) is 52.0 Å². The Kier molecular flexibility index (Phi) is 9.96. The predicted molar refractivity (Wildman–Crippen MR) is 64.6 cm³/mol. The van der Waals surface area contributed by atoms with Gasteiger partial charge in [0.05, 0.1) is 0 Å². The van der Waals surface area contributed by atoms with Gasteiger partial charge in [-0.2, -0.15) is 0 Å². The Morgan fingerprint density at radius 3 is 2.13 bits per heavy atom. The van der Waals surface area contributed by atoms with Crippen molar-refractivity contribution >= 4 is 0 Å². The number of allylic oxidation sites excluding steroid dienone is 1. The van der Waals surface area contributed by atoms with Crippen LogP contribution in [0.25, 0.3) is 0 Å². The molecule has 90 valence electrons. The number of unbranched alkanes of at least 4 members (excludes halogenated alkanes) is 5. The van der Waals surface area contributed by atoms with E-state index in [1.165, 1.54) is 32.1 Å². The Bertz CT molecular complexity index is 162. The minimum absolute atomic E-state index is 0.785. The monoisotopic (exact) mass is 214 g/mol. The number of hydrogen-bond acceptors (Lipinski definition) is 2. The van der Waals surface area contributed by atoms with Crippen LogP contribution in [0.2, 0.25) is 0 Å². The van der Waals surface area contributed by atoms with Gasteiger partial charge in [0.15, 0.2) is 6.29 Å². The second-order valence-corrected chi connectivity index (χ2v) is 4.08. The molecular weight excluding hydrogens is 188 g/mol. The molecule has 0 saturated carbocycles. The van der Waals surface area contributed by atoms with Crippen LogP contribution >= 0.6 is 0 Å². The molecule has 0 aromatic heterocycles. The molecule has 0 fully saturated rings. The predicted octanol–water partition coefficient (Wildman–Crippen LogP) is 3.38. The second-order valence-electron chi connectivity index (χ2n) is 4.08. The SMILES string of the molecule is CCC=C(CCCCCCCC)C(O)O. The maximum atomic E-state index is 9.07. The van der Waals surface area contributed by atoms with Crippen molar-refractivity contribution in [1.82, 2.24) is 0 Å². The summed E-state index contributed by atoms with van der Waals surface area (Å²) in [5.74, 6) is 0. The summed E-state index contributed by atoms with van der Waals surface area (Å²) < 4.78 is 0. The lowest BCUT2D eigenvalue weighted by Gasteiger charge is -2.09. The second kappa shape index (κ2) is 10.2. The average molecular weight is 214 g/mol. The minimum atomic E-state index is -1.25. The summed E-state index contributed by atoms with van der Waals surface area (Å²) in [5.41, 5.74) is 0.785. The van der Waals surface area contributed by atoms with Crippen molar-refractivity contribution in [3.63, 3.8) is 0 Å². The topological polar surface area (TPSA) is 40.5 Å². The largest absolute Gasteiger partial charge is 0.365 e. The Morgan fingerprint density at radius 2 is 1.60 bits per heavy atom. The Morgan fingerprint density at radius 1 is 1.00 bits per heavy atom. The summed E-state index contributed by atoms with van der Waals surface area (Å²) in [6.45, 7) is 4.23. The van der Waals surface area contributed by atoms with Crippen LogP contribution in [0.15, 0.2) is 11.6 Å². The molecule has 2 heteroatoms. The van der Waals surface area contributed by atoms with E-state index in [4.69, 9.17) is 10.2 Å². The lowest BCUT2D eigenvalue weighted by Crippen LogP contribution is -2.08. The molecule has 0 heterocycles. The summed E-state index contributed by atoms with van der Waals surface area (Å²) in [6.07, 6.45) is 9.84. The number of hydrogen-bond donors (Lipinski definition) is 2. The molecule has 0 amide bonds.